The second kappa shape index (κ2) is 10.7. The number of aliphatic hydroxyl groups is 1. The Bertz CT molecular complexity index is 1030. The Labute approximate surface area is 183 Å². The molecule has 1 heterocycles. The van der Waals surface area contributed by atoms with Gasteiger partial charge in [0.15, 0.2) is 0 Å². The molecule has 1 saturated heterocycles. The Kier molecular flexibility index (Phi) is 8.20. The van der Waals surface area contributed by atoms with E-state index in [1.807, 2.05) is 6.07 Å². The van der Waals surface area contributed by atoms with Crippen molar-refractivity contribution in [2.24, 2.45) is 0 Å². The lowest BCUT2D eigenvalue weighted by Crippen LogP contribution is -2.51. The van der Waals surface area contributed by atoms with Crippen molar-refractivity contribution >= 4 is 20.0 Å². The molecule has 0 amide bonds. The fourth-order valence-corrected chi connectivity index (χ4v) is 6.05. The second-order valence-electron chi connectivity index (χ2n) is 7.52. The van der Waals surface area contributed by atoms with Gasteiger partial charge in [0.2, 0.25) is 20.0 Å². The van der Waals surface area contributed by atoms with Crippen molar-refractivity contribution in [2.45, 2.75) is 48.2 Å². The average Bonchev–Trinajstić information content (AvgIpc) is 2.75. The van der Waals surface area contributed by atoms with Crippen LogP contribution in [0.15, 0.2) is 65.6 Å². The van der Waals surface area contributed by atoms with E-state index in [0.717, 1.165) is 0 Å². The van der Waals surface area contributed by atoms with Crippen molar-refractivity contribution in [1.82, 2.24) is 9.44 Å². The molecule has 0 unspecified atom stereocenters. The van der Waals surface area contributed by atoms with Crippen LogP contribution in [0, 0.1) is 0 Å². The van der Waals surface area contributed by atoms with Gasteiger partial charge in [-0.05, 0) is 37.0 Å². The molecule has 1 fully saturated rings. The van der Waals surface area contributed by atoms with Crippen molar-refractivity contribution in [3.8, 4) is 0 Å². The quantitative estimate of drug-likeness (QED) is 0.484. The van der Waals surface area contributed by atoms with Crippen LogP contribution in [0.3, 0.4) is 0 Å². The lowest BCUT2D eigenvalue weighted by molar-refractivity contribution is -0.0869. The summed E-state index contributed by atoms with van der Waals surface area (Å²) in [6.07, 6.45) is 0.507. The Morgan fingerprint density at radius 1 is 0.935 bits per heavy atom. The smallest absolute Gasteiger partial charge is 0.240 e. The average molecular weight is 469 g/mol. The minimum atomic E-state index is -3.72. The van der Waals surface area contributed by atoms with Crippen LogP contribution >= 0.6 is 0 Å². The van der Waals surface area contributed by atoms with Gasteiger partial charge in [0.1, 0.15) is 0 Å². The van der Waals surface area contributed by atoms with E-state index in [0.29, 0.717) is 24.8 Å². The van der Waals surface area contributed by atoms with Crippen molar-refractivity contribution < 1.29 is 26.7 Å². The van der Waals surface area contributed by atoms with E-state index >= 15 is 0 Å². The molecule has 0 radical (unpaired) electrons. The minimum absolute atomic E-state index is 0.0953. The van der Waals surface area contributed by atoms with Gasteiger partial charge >= 0.3 is 0 Å². The molecule has 1 aliphatic rings. The zero-order valence-corrected chi connectivity index (χ0v) is 18.7. The fraction of sp³-hybridized carbons (Fsp3) is 0.429. The Balaban J connectivity index is 1.49. The third kappa shape index (κ3) is 7.09. The zero-order valence-electron chi connectivity index (χ0n) is 17.1. The first-order valence-corrected chi connectivity index (χ1v) is 13.3. The molecule has 0 aliphatic carbocycles. The molecule has 2 aromatic rings. The van der Waals surface area contributed by atoms with Crippen molar-refractivity contribution in [3.63, 3.8) is 0 Å². The summed E-state index contributed by atoms with van der Waals surface area (Å²) in [5.74, 6) is -0.0953. The van der Waals surface area contributed by atoms with Gasteiger partial charge in [0, 0.05) is 6.54 Å². The molecular formula is C21H28N2O6S2. The molecule has 3 N–H and O–H groups in total. The molecule has 1 aliphatic heterocycles. The number of ether oxygens (including phenoxy) is 1. The topological polar surface area (TPSA) is 122 Å². The highest BCUT2D eigenvalue weighted by molar-refractivity contribution is 7.89. The number of rotatable bonds is 10. The molecule has 10 heteroatoms. The van der Waals surface area contributed by atoms with E-state index in [4.69, 9.17) is 4.74 Å². The number of aliphatic hydroxyl groups excluding tert-OH is 1. The molecule has 0 aromatic heterocycles. The first kappa shape index (κ1) is 23.8. The molecule has 8 nitrogen and oxygen atoms in total. The maximum atomic E-state index is 12.6. The first-order chi connectivity index (χ1) is 14.8. The summed E-state index contributed by atoms with van der Waals surface area (Å²) in [4.78, 5) is 0.154. The SMILES string of the molecule is O=S(=O)(Cc1ccccc1)NCC[C@H]1CC[C@H](NS(=O)(=O)c2ccccc2)[C@@H](CO)O1. The van der Waals surface area contributed by atoms with Crippen LogP contribution in [0.2, 0.25) is 0 Å². The standard InChI is InChI=1S/C21H28N2O6S2/c24-15-21-20(23-31(27,28)19-9-5-2-6-10-19)12-11-18(29-21)13-14-22-30(25,26)16-17-7-3-1-4-8-17/h1-10,18,20-24H,11-16H2/t18-,20+,21-/m1/s1. The van der Waals surface area contributed by atoms with Crippen LogP contribution in [0.5, 0.6) is 0 Å². The molecule has 0 spiro atoms. The molecule has 170 valence electrons. The van der Waals surface area contributed by atoms with Crippen LogP contribution in [-0.4, -0.2) is 53.3 Å². The van der Waals surface area contributed by atoms with E-state index in [9.17, 15) is 21.9 Å². The number of sulfonamides is 2. The molecule has 3 rings (SSSR count). The van der Waals surface area contributed by atoms with Gasteiger partial charge in [-0.3, -0.25) is 0 Å². The molecule has 0 bridgehead atoms. The third-order valence-corrected chi connectivity index (χ3v) is 8.01. The summed E-state index contributed by atoms with van der Waals surface area (Å²) in [6, 6.07) is 16.4. The molecule has 31 heavy (non-hydrogen) atoms. The maximum absolute atomic E-state index is 12.6. The molecular weight excluding hydrogens is 440 g/mol. The monoisotopic (exact) mass is 468 g/mol. The van der Waals surface area contributed by atoms with E-state index in [1.165, 1.54) is 12.1 Å². The summed E-state index contributed by atoms with van der Waals surface area (Å²) in [5, 5.41) is 9.69. The highest BCUT2D eigenvalue weighted by atomic mass is 32.2. The highest BCUT2D eigenvalue weighted by Gasteiger charge is 2.33. The lowest BCUT2D eigenvalue weighted by Gasteiger charge is -2.36. The third-order valence-electron chi connectivity index (χ3n) is 5.14. The summed E-state index contributed by atoms with van der Waals surface area (Å²) < 4.78 is 60.6. The van der Waals surface area contributed by atoms with E-state index in [2.05, 4.69) is 9.44 Å². The highest BCUT2D eigenvalue weighted by Crippen LogP contribution is 2.23. The normalized spacial score (nSPS) is 22.3. The summed E-state index contributed by atoms with van der Waals surface area (Å²) in [7, 11) is -7.19. The fourth-order valence-electron chi connectivity index (χ4n) is 3.57. The molecule has 2 aromatic carbocycles. The summed E-state index contributed by atoms with van der Waals surface area (Å²) in [6.45, 7) is -0.128. The van der Waals surface area contributed by atoms with Crippen LogP contribution in [0.4, 0.5) is 0 Å². The number of nitrogens with one attached hydrogen (secondary N) is 2. The van der Waals surface area contributed by atoms with Gasteiger partial charge in [-0.2, -0.15) is 0 Å². The van der Waals surface area contributed by atoms with Crippen LogP contribution in [0.25, 0.3) is 0 Å². The maximum Gasteiger partial charge on any atom is 0.240 e. The second-order valence-corrected chi connectivity index (χ2v) is 11.0. The van der Waals surface area contributed by atoms with Crippen LogP contribution in [0.1, 0.15) is 24.8 Å². The van der Waals surface area contributed by atoms with Gasteiger partial charge in [-0.15, -0.1) is 0 Å². The van der Waals surface area contributed by atoms with E-state index < -0.39 is 32.2 Å². The predicted octanol–water partition coefficient (Wildman–Crippen LogP) is 1.38. The Morgan fingerprint density at radius 3 is 2.23 bits per heavy atom. The number of benzene rings is 2. The van der Waals surface area contributed by atoms with Gasteiger partial charge < -0.3 is 9.84 Å². The van der Waals surface area contributed by atoms with Crippen molar-refractivity contribution in [2.75, 3.05) is 13.2 Å². The molecule has 3 atom stereocenters. The zero-order chi connectivity index (χ0) is 22.3. The Hall–Kier alpha value is -1.82. The summed E-state index contributed by atoms with van der Waals surface area (Å²) in [5.41, 5.74) is 0.706. The van der Waals surface area contributed by atoms with E-state index in [-0.39, 0.29) is 29.9 Å². The van der Waals surface area contributed by atoms with Crippen LogP contribution in [-0.2, 0) is 30.5 Å². The van der Waals surface area contributed by atoms with Crippen molar-refractivity contribution in [1.29, 1.82) is 0 Å². The van der Waals surface area contributed by atoms with Gasteiger partial charge in [-0.25, -0.2) is 26.3 Å². The summed E-state index contributed by atoms with van der Waals surface area (Å²) >= 11 is 0. The van der Waals surface area contributed by atoms with Crippen LogP contribution < -0.4 is 9.44 Å². The number of hydrogen-bond acceptors (Lipinski definition) is 6. The van der Waals surface area contributed by atoms with Gasteiger partial charge in [0.05, 0.1) is 35.5 Å². The number of hydrogen-bond donors (Lipinski definition) is 3. The molecule has 0 saturated carbocycles. The largest absolute Gasteiger partial charge is 0.394 e. The van der Waals surface area contributed by atoms with Gasteiger partial charge in [0.25, 0.3) is 0 Å². The van der Waals surface area contributed by atoms with Gasteiger partial charge in [-0.1, -0.05) is 48.5 Å². The minimum Gasteiger partial charge on any atom is -0.394 e. The predicted molar refractivity (Wildman–Crippen MR) is 117 cm³/mol. The lowest BCUT2D eigenvalue weighted by atomic mass is 9.98. The Morgan fingerprint density at radius 2 is 1.58 bits per heavy atom. The first-order valence-electron chi connectivity index (χ1n) is 10.1. The van der Waals surface area contributed by atoms with E-state index in [1.54, 1.807) is 42.5 Å². The van der Waals surface area contributed by atoms with Crippen molar-refractivity contribution in [3.05, 3.63) is 66.2 Å².